The van der Waals surface area contributed by atoms with E-state index in [2.05, 4.69) is 115 Å². The molecule has 1 heterocycles. The molecule has 0 aliphatic carbocycles. The molecule has 0 amide bonds. The van der Waals surface area contributed by atoms with Gasteiger partial charge in [-0.15, -0.1) is 11.3 Å². The van der Waals surface area contributed by atoms with Gasteiger partial charge in [-0.3, -0.25) is 0 Å². The Kier molecular flexibility index (Phi) is 5.03. The van der Waals surface area contributed by atoms with Gasteiger partial charge in [0, 0.05) is 20.2 Å². The fourth-order valence-electron chi connectivity index (χ4n) is 6.80. The fourth-order valence-corrected chi connectivity index (χ4v) is 7.90. The van der Waals surface area contributed by atoms with Crippen LogP contribution in [0.5, 0.6) is 0 Å². The minimum atomic E-state index is 0.531. The summed E-state index contributed by atoms with van der Waals surface area (Å²) in [5, 5.41) is 9.50. The molecule has 43 heavy (non-hydrogen) atoms. The van der Waals surface area contributed by atoms with Crippen LogP contribution in [0, 0.1) is 0 Å². The van der Waals surface area contributed by atoms with Gasteiger partial charge in [0.05, 0.1) is 2.74 Å². The number of hydrogen-bond donors (Lipinski definition) is 0. The van der Waals surface area contributed by atoms with Crippen LogP contribution in [0.25, 0.3) is 85.9 Å². The molecule has 0 aliphatic heterocycles. The van der Waals surface area contributed by atoms with Crippen molar-refractivity contribution in [2.45, 2.75) is 0 Å². The molecule has 9 rings (SSSR count). The van der Waals surface area contributed by atoms with Gasteiger partial charge in [0.15, 0.2) is 0 Å². The summed E-state index contributed by atoms with van der Waals surface area (Å²) in [6.45, 7) is 0. The Bertz CT molecular complexity index is 2570. The molecule has 0 bridgehead atoms. The summed E-state index contributed by atoms with van der Waals surface area (Å²) in [4.78, 5) is 0. The third-order valence-electron chi connectivity index (χ3n) is 8.70. The van der Waals surface area contributed by atoms with E-state index in [1.165, 1.54) is 59.4 Å². The maximum Gasteiger partial charge on any atom is 0.0638 e. The highest BCUT2D eigenvalue weighted by atomic mass is 32.1. The van der Waals surface area contributed by atoms with Crippen LogP contribution in [0.3, 0.4) is 0 Å². The molecule has 8 aromatic carbocycles. The Labute approximate surface area is 256 Å². The SMILES string of the molecule is [2H]c1ccc2cc(-c3cccc(-c4c5ccccc5c(-c5cccc6sc7c([2H])cccc7c56)c5ccccc45)c3)ccc2c1. The zero-order valence-electron chi connectivity index (χ0n) is 25.3. The Hall–Kier alpha value is -5.24. The number of benzene rings is 8. The first-order chi connectivity index (χ1) is 22.1. The third-order valence-corrected chi connectivity index (χ3v) is 9.80. The maximum atomic E-state index is 8.59. The van der Waals surface area contributed by atoms with Crippen LogP contribution >= 0.6 is 11.3 Å². The normalized spacial score (nSPS) is 12.4. The molecule has 0 radical (unpaired) electrons. The van der Waals surface area contributed by atoms with Gasteiger partial charge >= 0.3 is 0 Å². The van der Waals surface area contributed by atoms with Crippen molar-refractivity contribution in [2.75, 3.05) is 0 Å². The van der Waals surface area contributed by atoms with Crippen molar-refractivity contribution < 1.29 is 2.74 Å². The zero-order chi connectivity index (χ0) is 30.1. The topological polar surface area (TPSA) is 0 Å². The Morgan fingerprint density at radius 1 is 0.419 bits per heavy atom. The van der Waals surface area contributed by atoms with Crippen LogP contribution in [0.4, 0.5) is 0 Å². The summed E-state index contributed by atoms with van der Waals surface area (Å²) in [5.41, 5.74) is 7.21. The maximum absolute atomic E-state index is 8.59. The number of thiophene rings is 1. The second-order valence-corrected chi connectivity index (χ2v) is 12.2. The van der Waals surface area contributed by atoms with Crippen molar-refractivity contribution in [2.24, 2.45) is 0 Å². The standard InChI is InChI=1S/C42H26S/c1-2-12-28-25-30(24-23-27(28)11-1)29-13-9-14-31(26-29)40-32-15-3-5-17-34(32)41(35-18-6-4-16-33(35)40)37-20-10-22-39-42(37)36-19-7-8-21-38(36)43-39/h1-26H/i1D,21D. The van der Waals surface area contributed by atoms with E-state index < -0.39 is 0 Å². The highest BCUT2D eigenvalue weighted by molar-refractivity contribution is 7.25. The molecule has 0 N–H and O–H groups in total. The lowest BCUT2D eigenvalue weighted by Crippen LogP contribution is -1.91. The zero-order valence-corrected chi connectivity index (χ0v) is 24.1. The Morgan fingerprint density at radius 3 is 1.91 bits per heavy atom. The monoisotopic (exact) mass is 564 g/mol. The molecule has 0 unspecified atom stereocenters. The van der Waals surface area contributed by atoms with Gasteiger partial charge in [-0.25, -0.2) is 0 Å². The van der Waals surface area contributed by atoms with E-state index in [0.717, 1.165) is 26.4 Å². The second kappa shape index (κ2) is 9.66. The van der Waals surface area contributed by atoms with E-state index in [0.29, 0.717) is 12.1 Å². The van der Waals surface area contributed by atoms with Crippen molar-refractivity contribution in [3.63, 3.8) is 0 Å². The largest absolute Gasteiger partial charge is 0.135 e. The molecule has 0 aliphatic rings. The van der Waals surface area contributed by atoms with Crippen molar-refractivity contribution in [1.82, 2.24) is 0 Å². The average Bonchev–Trinajstić information content (AvgIpc) is 3.47. The molecule has 200 valence electrons. The molecule has 0 fully saturated rings. The molecule has 9 aromatic rings. The minimum absolute atomic E-state index is 0.531. The highest BCUT2D eigenvalue weighted by Gasteiger charge is 2.19. The predicted octanol–water partition coefficient (Wildman–Crippen LogP) is 12.5. The highest BCUT2D eigenvalue weighted by Crippen LogP contribution is 2.48. The van der Waals surface area contributed by atoms with Gasteiger partial charge in [-0.05, 0) is 89.9 Å². The summed E-state index contributed by atoms with van der Waals surface area (Å²) in [7, 11) is 0. The van der Waals surface area contributed by atoms with Crippen LogP contribution in [0.1, 0.15) is 2.74 Å². The molecule has 1 aromatic heterocycles. The van der Waals surface area contributed by atoms with E-state index >= 15 is 0 Å². The first-order valence-corrected chi connectivity index (χ1v) is 15.4. The summed E-state index contributed by atoms with van der Waals surface area (Å²) in [6, 6.07) is 52.6. The first-order valence-electron chi connectivity index (χ1n) is 15.6. The van der Waals surface area contributed by atoms with Crippen molar-refractivity contribution in [3.8, 4) is 33.4 Å². The smallest absolute Gasteiger partial charge is 0.0638 e. The minimum Gasteiger partial charge on any atom is -0.135 e. The predicted molar refractivity (Wildman–Crippen MR) is 188 cm³/mol. The fraction of sp³-hybridized carbons (Fsp3) is 0. The molecule has 0 saturated heterocycles. The van der Waals surface area contributed by atoms with E-state index in [4.69, 9.17) is 2.74 Å². The van der Waals surface area contributed by atoms with Crippen LogP contribution in [-0.4, -0.2) is 0 Å². The number of hydrogen-bond acceptors (Lipinski definition) is 1. The summed E-state index contributed by atoms with van der Waals surface area (Å²) in [5.74, 6) is 0. The molecule has 0 atom stereocenters. The Morgan fingerprint density at radius 2 is 1.09 bits per heavy atom. The molecular formula is C42H26S. The van der Waals surface area contributed by atoms with Crippen LogP contribution in [-0.2, 0) is 0 Å². The lowest BCUT2D eigenvalue weighted by Gasteiger charge is -2.19. The average molecular weight is 565 g/mol. The number of rotatable bonds is 3. The van der Waals surface area contributed by atoms with Crippen LogP contribution in [0.2, 0.25) is 0 Å². The van der Waals surface area contributed by atoms with Crippen LogP contribution in [0.15, 0.2) is 158 Å². The van der Waals surface area contributed by atoms with Gasteiger partial charge in [0.25, 0.3) is 0 Å². The van der Waals surface area contributed by atoms with E-state index in [-0.39, 0.29) is 0 Å². The summed E-state index contributed by atoms with van der Waals surface area (Å²) < 4.78 is 18.8. The van der Waals surface area contributed by atoms with Gasteiger partial charge in [0.2, 0.25) is 0 Å². The van der Waals surface area contributed by atoms with Crippen molar-refractivity contribution >= 4 is 63.8 Å². The Balaban J connectivity index is 1.33. The summed E-state index contributed by atoms with van der Waals surface area (Å²) in [6.07, 6.45) is 0. The lowest BCUT2D eigenvalue weighted by molar-refractivity contribution is 1.63. The molecule has 0 spiro atoms. The van der Waals surface area contributed by atoms with E-state index in [1.54, 1.807) is 11.3 Å². The third kappa shape index (κ3) is 3.82. The van der Waals surface area contributed by atoms with Gasteiger partial charge < -0.3 is 0 Å². The van der Waals surface area contributed by atoms with Crippen LogP contribution < -0.4 is 0 Å². The summed E-state index contributed by atoms with van der Waals surface area (Å²) >= 11 is 1.71. The van der Waals surface area contributed by atoms with Gasteiger partial charge in [-0.1, -0.05) is 133 Å². The van der Waals surface area contributed by atoms with E-state index in [9.17, 15) is 0 Å². The van der Waals surface area contributed by atoms with Crippen molar-refractivity contribution in [3.05, 3.63) is 158 Å². The van der Waals surface area contributed by atoms with Crippen molar-refractivity contribution in [1.29, 1.82) is 0 Å². The second-order valence-electron chi connectivity index (χ2n) is 11.1. The molecule has 0 nitrogen and oxygen atoms in total. The molecule has 0 saturated carbocycles. The quantitative estimate of drug-likeness (QED) is 0.187. The van der Waals surface area contributed by atoms with E-state index in [1.807, 2.05) is 30.3 Å². The first kappa shape index (κ1) is 22.4. The number of fused-ring (bicyclic) bond motifs is 6. The lowest BCUT2D eigenvalue weighted by atomic mass is 9.84. The van der Waals surface area contributed by atoms with Gasteiger partial charge in [0.1, 0.15) is 0 Å². The molecule has 1 heteroatoms. The molecular weight excluding hydrogens is 537 g/mol. The van der Waals surface area contributed by atoms with Gasteiger partial charge in [-0.2, -0.15) is 0 Å².